The molecule has 3 heteroatoms. The normalized spacial score (nSPS) is 19.9. The van der Waals surface area contributed by atoms with Crippen molar-refractivity contribution in [2.45, 2.75) is 25.8 Å². The molecule has 1 atom stereocenters. The lowest BCUT2D eigenvalue weighted by molar-refractivity contribution is 0.431. The Morgan fingerprint density at radius 1 is 1.33 bits per heavy atom. The molecule has 2 rings (SSSR count). The Bertz CT molecular complexity index is 374. The zero-order chi connectivity index (χ0) is 13.0. The highest BCUT2D eigenvalue weighted by Crippen LogP contribution is 2.29. The molecular formula is C15H25N3. The van der Waals surface area contributed by atoms with Gasteiger partial charge < -0.3 is 15.1 Å². The smallest absolute Gasteiger partial charge is 0.0604 e. The zero-order valence-corrected chi connectivity index (χ0v) is 11.8. The van der Waals surface area contributed by atoms with E-state index >= 15 is 0 Å². The third-order valence-corrected chi connectivity index (χ3v) is 3.62. The van der Waals surface area contributed by atoms with Gasteiger partial charge in [-0.15, -0.1) is 0 Å². The molecule has 1 unspecified atom stereocenters. The van der Waals surface area contributed by atoms with Crippen molar-refractivity contribution in [1.82, 2.24) is 5.32 Å². The Hall–Kier alpha value is -1.22. The number of nitrogens with zero attached hydrogens (tertiary/aromatic N) is 2. The van der Waals surface area contributed by atoms with Crippen LogP contribution in [-0.2, 0) is 0 Å². The quantitative estimate of drug-likeness (QED) is 0.881. The van der Waals surface area contributed by atoms with Crippen LogP contribution in [0.25, 0.3) is 0 Å². The summed E-state index contributed by atoms with van der Waals surface area (Å²) in [5.74, 6) is 0. The van der Waals surface area contributed by atoms with Gasteiger partial charge in [0.05, 0.1) is 11.4 Å². The van der Waals surface area contributed by atoms with E-state index < -0.39 is 0 Å². The summed E-state index contributed by atoms with van der Waals surface area (Å²) in [4.78, 5) is 4.72. The van der Waals surface area contributed by atoms with Crippen LogP contribution in [0.4, 0.5) is 11.4 Å². The monoisotopic (exact) mass is 247 g/mol. The number of anilines is 2. The lowest BCUT2D eigenvalue weighted by atomic mass is 10.0. The van der Waals surface area contributed by atoms with Crippen molar-refractivity contribution in [2.75, 3.05) is 43.5 Å². The molecule has 1 heterocycles. The predicted octanol–water partition coefficient (Wildman–Crippen LogP) is 2.33. The number of benzene rings is 1. The van der Waals surface area contributed by atoms with Crippen LogP contribution in [0.1, 0.15) is 19.8 Å². The van der Waals surface area contributed by atoms with Gasteiger partial charge in [0.15, 0.2) is 0 Å². The summed E-state index contributed by atoms with van der Waals surface area (Å²) in [6, 6.07) is 9.33. The van der Waals surface area contributed by atoms with Crippen LogP contribution in [0.5, 0.6) is 0 Å². The van der Waals surface area contributed by atoms with Crippen LogP contribution < -0.4 is 15.1 Å². The fourth-order valence-electron chi connectivity index (χ4n) is 2.76. The Kier molecular flexibility index (Phi) is 4.48. The second-order valence-corrected chi connectivity index (χ2v) is 5.23. The van der Waals surface area contributed by atoms with Crippen molar-refractivity contribution in [2.24, 2.45) is 0 Å². The lowest BCUT2D eigenvalue weighted by Crippen LogP contribution is -2.46. The summed E-state index contributed by atoms with van der Waals surface area (Å²) in [5, 5.41) is 3.58. The first-order valence-electron chi connectivity index (χ1n) is 6.97. The zero-order valence-electron chi connectivity index (χ0n) is 11.8. The summed E-state index contributed by atoms with van der Waals surface area (Å²) in [7, 11) is 4.23. The van der Waals surface area contributed by atoms with E-state index in [1.54, 1.807) is 0 Å². The SMILES string of the molecule is CCNC1CCCN(c2ccccc2N(C)C)C1. The maximum atomic E-state index is 3.58. The van der Waals surface area contributed by atoms with Crippen molar-refractivity contribution in [3.05, 3.63) is 24.3 Å². The number of nitrogens with one attached hydrogen (secondary N) is 1. The average Bonchev–Trinajstić information content (AvgIpc) is 2.39. The first-order chi connectivity index (χ1) is 8.72. The molecular weight excluding hydrogens is 222 g/mol. The molecule has 0 radical (unpaired) electrons. The van der Waals surface area contributed by atoms with E-state index in [9.17, 15) is 0 Å². The van der Waals surface area contributed by atoms with Crippen LogP contribution in [0, 0.1) is 0 Å². The fraction of sp³-hybridized carbons (Fsp3) is 0.600. The van der Waals surface area contributed by atoms with Gasteiger partial charge in [-0.1, -0.05) is 19.1 Å². The van der Waals surface area contributed by atoms with Crippen LogP contribution in [0.2, 0.25) is 0 Å². The topological polar surface area (TPSA) is 18.5 Å². The van der Waals surface area contributed by atoms with Crippen molar-refractivity contribution < 1.29 is 0 Å². The third-order valence-electron chi connectivity index (χ3n) is 3.62. The van der Waals surface area contributed by atoms with Crippen LogP contribution in [0.3, 0.4) is 0 Å². The maximum absolute atomic E-state index is 3.58. The second-order valence-electron chi connectivity index (χ2n) is 5.23. The lowest BCUT2D eigenvalue weighted by Gasteiger charge is -2.36. The average molecular weight is 247 g/mol. The van der Waals surface area contributed by atoms with E-state index in [-0.39, 0.29) is 0 Å². The molecule has 1 aliphatic heterocycles. The molecule has 0 saturated carbocycles. The molecule has 18 heavy (non-hydrogen) atoms. The molecule has 1 N–H and O–H groups in total. The highest BCUT2D eigenvalue weighted by Gasteiger charge is 2.21. The van der Waals surface area contributed by atoms with Gasteiger partial charge in [-0.25, -0.2) is 0 Å². The Labute approximate surface area is 111 Å². The summed E-state index contributed by atoms with van der Waals surface area (Å²) in [6.45, 7) is 5.55. The molecule has 1 saturated heterocycles. The summed E-state index contributed by atoms with van der Waals surface area (Å²) in [5.41, 5.74) is 2.68. The largest absolute Gasteiger partial charge is 0.376 e. The van der Waals surface area contributed by atoms with Crippen molar-refractivity contribution >= 4 is 11.4 Å². The van der Waals surface area contributed by atoms with Gasteiger partial charge in [-0.3, -0.25) is 0 Å². The molecule has 1 fully saturated rings. The van der Waals surface area contributed by atoms with Gasteiger partial charge in [-0.05, 0) is 31.5 Å². The highest BCUT2D eigenvalue weighted by molar-refractivity contribution is 5.70. The molecule has 0 amide bonds. The van der Waals surface area contributed by atoms with E-state index in [0.29, 0.717) is 6.04 Å². The molecule has 100 valence electrons. The van der Waals surface area contributed by atoms with E-state index in [1.165, 1.54) is 30.8 Å². The van der Waals surface area contributed by atoms with Gasteiger partial charge >= 0.3 is 0 Å². The van der Waals surface area contributed by atoms with Crippen molar-refractivity contribution in [3.63, 3.8) is 0 Å². The van der Waals surface area contributed by atoms with Crippen LogP contribution >= 0.6 is 0 Å². The van der Waals surface area contributed by atoms with E-state index in [2.05, 4.69) is 60.4 Å². The predicted molar refractivity (Wildman–Crippen MR) is 79.7 cm³/mol. The third kappa shape index (κ3) is 2.96. The summed E-state index contributed by atoms with van der Waals surface area (Å²) in [6.07, 6.45) is 2.58. The number of hydrogen-bond donors (Lipinski definition) is 1. The summed E-state index contributed by atoms with van der Waals surface area (Å²) >= 11 is 0. The molecule has 0 aliphatic carbocycles. The number of rotatable bonds is 4. The van der Waals surface area contributed by atoms with E-state index in [0.717, 1.165) is 13.1 Å². The number of piperidine rings is 1. The van der Waals surface area contributed by atoms with E-state index in [1.807, 2.05) is 0 Å². The highest BCUT2D eigenvalue weighted by atomic mass is 15.2. The van der Waals surface area contributed by atoms with Gasteiger partial charge in [-0.2, -0.15) is 0 Å². The summed E-state index contributed by atoms with van der Waals surface area (Å²) < 4.78 is 0. The molecule has 0 spiro atoms. The molecule has 1 aromatic carbocycles. The number of likely N-dealkylation sites (N-methyl/N-ethyl adjacent to an activating group) is 1. The van der Waals surface area contributed by atoms with Crippen molar-refractivity contribution in [1.29, 1.82) is 0 Å². The first kappa shape index (κ1) is 13.2. The Morgan fingerprint density at radius 2 is 2.11 bits per heavy atom. The number of hydrogen-bond acceptors (Lipinski definition) is 3. The minimum absolute atomic E-state index is 0.638. The van der Waals surface area contributed by atoms with Gasteiger partial charge in [0, 0.05) is 33.2 Å². The van der Waals surface area contributed by atoms with Crippen molar-refractivity contribution in [3.8, 4) is 0 Å². The van der Waals surface area contributed by atoms with Gasteiger partial charge in [0.2, 0.25) is 0 Å². The van der Waals surface area contributed by atoms with Gasteiger partial charge in [0.25, 0.3) is 0 Å². The fourth-order valence-corrected chi connectivity index (χ4v) is 2.76. The van der Waals surface area contributed by atoms with Crippen LogP contribution in [0.15, 0.2) is 24.3 Å². The van der Waals surface area contributed by atoms with E-state index in [4.69, 9.17) is 0 Å². The molecule has 0 aromatic heterocycles. The molecule has 3 nitrogen and oxygen atoms in total. The molecule has 0 bridgehead atoms. The molecule has 1 aliphatic rings. The standard InChI is InChI=1S/C15H25N3/c1-4-16-13-8-7-11-18(12-13)15-10-6-5-9-14(15)17(2)3/h5-6,9-10,13,16H,4,7-8,11-12H2,1-3H3. The second kappa shape index (κ2) is 6.10. The minimum atomic E-state index is 0.638. The first-order valence-corrected chi connectivity index (χ1v) is 6.97. The van der Waals surface area contributed by atoms with Crippen LogP contribution in [-0.4, -0.2) is 39.8 Å². The van der Waals surface area contributed by atoms with Gasteiger partial charge in [0.1, 0.15) is 0 Å². The Morgan fingerprint density at radius 3 is 2.83 bits per heavy atom. The minimum Gasteiger partial charge on any atom is -0.376 e. The maximum Gasteiger partial charge on any atom is 0.0604 e. The number of para-hydroxylation sites is 2. The Balaban J connectivity index is 2.15. The molecule has 1 aromatic rings.